The van der Waals surface area contributed by atoms with Gasteiger partial charge in [0.15, 0.2) is 0 Å². The van der Waals surface area contributed by atoms with Gasteiger partial charge < -0.3 is 44.6 Å². The number of aromatic nitrogens is 6. The largest absolute Gasteiger partial charge is 0.463 e. The highest BCUT2D eigenvalue weighted by molar-refractivity contribution is 7.09. The molecule has 1 unspecified atom stereocenters. The summed E-state index contributed by atoms with van der Waals surface area (Å²) in [4.78, 5) is 76.8. The molecule has 0 spiro atoms. The molecule has 17 nitrogen and oxygen atoms in total. The zero-order valence-corrected chi connectivity index (χ0v) is 39.6. The number of aromatic amines is 2. The van der Waals surface area contributed by atoms with Crippen LogP contribution in [0.3, 0.4) is 0 Å². The lowest BCUT2D eigenvalue weighted by Crippen LogP contribution is -2.51. The number of rotatable bonds is 12. The van der Waals surface area contributed by atoms with Crippen LogP contribution in [-0.2, 0) is 19.1 Å². The number of thiazole rings is 1. The third kappa shape index (κ3) is 8.23. The first kappa shape index (κ1) is 45.0. The van der Waals surface area contributed by atoms with Gasteiger partial charge in [0.1, 0.15) is 41.0 Å². The van der Waals surface area contributed by atoms with E-state index in [-0.39, 0.29) is 35.7 Å². The number of hydrogen-bond donors (Lipinski definition) is 4. The Balaban J connectivity index is 0.963. The molecule has 6 aromatic rings. The lowest BCUT2D eigenvalue weighted by atomic mass is 10.0. The summed E-state index contributed by atoms with van der Waals surface area (Å²) in [5.41, 5.74) is 5.26. The number of nitrogens with one attached hydrogen (secondary N) is 4. The Kier molecular flexibility index (Phi) is 12.0. The molecule has 5 atom stereocenters. The first-order valence-electron chi connectivity index (χ1n) is 23.3. The Morgan fingerprint density at radius 3 is 1.94 bits per heavy atom. The number of ether oxygens (including phenoxy) is 3. The van der Waals surface area contributed by atoms with Crippen molar-refractivity contribution in [2.45, 2.75) is 103 Å². The Bertz CT molecular complexity index is 2920. The molecule has 68 heavy (non-hydrogen) atoms. The van der Waals surface area contributed by atoms with Crippen LogP contribution in [-0.4, -0.2) is 103 Å². The lowest BCUT2D eigenvalue weighted by Gasteiger charge is -2.30. The van der Waals surface area contributed by atoms with E-state index in [1.165, 1.54) is 20.3 Å². The second-order valence-electron chi connectivity index (χ2n) is 18.8. The summed E-state index contributed by atoms with van der Waals surface area (Å²) < 4.78 is 35.3. The van der Waals surface area contributed by atoms with E-state index in [0.29, 0.717) is 65.3 Å². The molecule has 4 aromatic heterocycles. The summed E-state index contributed by atoms with van der Waals surface area (Å²) in [6.45, 7) is 8.56. The maximum absolute atomic E-state index is 16.9. The number of amides is 4. The number of carbonyl (C=O) groups excluding carboxylic acids is 4. The van der Waals surface area contributed by atoms with Crippen LogP contribution in [0, 0.1) is 17.7 Å². The standard InChI is InChI=1S/C49H55FN10O7S/c1-24(2)40(56-48(63)65-5)45(61)58-15-7-9-35(58)42-51-21-31(53-42)27-13-14-34-29(17-27)19-37-39-30(50)18-28(20-38(39)67-47(60(34)37)33-23-68-44(55-33)26-11-12-26)32-22-52-43(54-32)36-10-8-16-59(36)46(62)41(25(3)4)57-49(64)66-6/h13-14,17-26,35-36,40-41,47H,7-12,15-16H2,1-6H3,(H,51,53)(H,52,54)(H,56,63)(H,57,64)/t35-,36-,40-,41-,47?/m0/s1. The summed E-state index contributed by atoms with van der Waals surface area (Å²) >= 11 is 1.62. The molecule has 10 rings (SSSR count). The number of fused-ring (bicyclic) bond motifs is 5. The number of benzene rings is 2. The molecule has 4 N–H and O–H groups in total. The van der Waals surface area contributed by atoms with Gasteiger partial charge in [-0.25, -0.2) is 28.9 Å². The average Bonchev–Trinajstić information content (AvgIpc) is 4.05. The van der Waals surface area contributed by atoms with Gasteiger partial charge in [0.05, 0.1) is 71.9 Å². The Morgan fingerprint density at radius 1 is 0.794 bits per heavy atom. The predicted octanol–water partition coefficient (Wildman–Crippen LogP) is 8.59. The summed E-state index contributed by atoms with van der Waals surface area (Å²) in [5.74, 6) is 0.825. The van der Waals surface area contributed by atoms with Crippen LogP contribution >= 0.6 is 11.3 Å². The minimum Gasteiger partial charge on any atom is -0.463 e. The number of hydrogen-bond acceptors (Lipinski definition) is 11. The van der Waals surface area contributed by atoms with E-state index in [9.17, 15) is 19.2 Å². The van der Waals surface area contributed by atoms with Crippen molar-refractivity contribution in [3.05, 3.63) is 82.3 Å². The third-order valence-corrected chi connectivity index (χ3v) is 14.7. The van der Waals surface area contributed by atoms with Crippen molar-refractivity contribution in [3.8, 4) is 39.5 Å². The topological polar surface area (TPSA) is 202 Å². The van der Waals surface area contributed by atoms with Gasteiger partial charge in [0.25, 0.3) is 0 Å². The molecule has 1 saturated carbocycles. The number of alkyl carbamates (subject to hydrolysis) is 2. The van der Waals surface area contributed by atoms with E-state index in [2.05, 4.69) is 20.6 Å². The average molecular weight is 947 g/mol. The summed E-state index contributed by atoms with van der Waals surface area (Å²) in [6, 6.07) is 9.17. The molecular weight excluding hydrogens is 892 g/mol. The van der Waals surface area contributed by atoms with E-state index in [0.717, 1.165) is 65.0 Å². The van der Waals surface area contributed by atoms with Gasteiger partial charge in [0.2, 0.25) is 18.0 Å². The molecule has 3 fully saturated rings. The van der Waals surface area contributed by atoms with Gasteiger partial charge in [0, 0.05) is 40.9 Å². The van der Waals surface area contributed by atoms with Gasteiger partial charge in [-0.2, -0.15) is 0 Å². The van der Waals surface area contributed by atoms with Crippen LogP contribution in [0.1, 0.15) is 113 Å². The number of imidazole rings is 2. The Labute approximate surface area is 396 Å². The maximum Gasteiger partial charge on any atom is 0.407 e. The molecule has 3 aliphatic heterocycles. The minimum atomic E-state index is -0.773. The lowest BCUT2D eigenvalue weighted by molar-refractivity contribution is -0.136. The van der Waals surface area contributed by atoms with Crippen molar-refractivity contribution in [1.29, 1.82) is 0 Å². The molecule has 0 radical (unpaired) electrons. The highest BCUT2D eigenvalue weighted by Gasteiger charge is 2.40. The fourth-order valence-electron chi connectivity index (χ4n) is 9.92. The zero-order valence-electron chi connectivity index (χ0n) is 38.8. The molecule has 356 valence electrons. The van der Waals surface area contributed by atoms with Crippen molar-refractivity contribution in [2.24, 2.45) is 11.8 Å². The third-order valence-electron chi connectivity index (χ3n) is 13.6. The molecule has 2 aromatic carbocycles. The van der Waals surface area contributed by atoms with Crippen molar-refractivity contribution in [2.75, 3.05) is 27.3 Å². The number of halogens is 1. The van der Waals surface area contributed by atoms with Crippen LogP contribution < -0.4 is 15.4 Å². The van der Waals surface area contributed by atoms with Crippen LogP contribution in [0.4, 0.5) is 14.0 Å². The second kappa shape index (κ2) is 18.0. The van der Waals surface area contributed by atoms with E-state index < -0.39 is 36.3 Å². The van der Waals surface area contributed by atoms with Gasteiger partial charge in [-0.1, -0.05) is 33.8 Å². The number of nitrogens with zero attached hydrogens (tertiary/aromatic N) is 6. The van der Waals surface area contributed by atoms with E-state index in [4.69, 9.17) is 29.2 Å². The SMILES string of the molecule is COC(=O)N[C@H](C(=O)N1CCC[C@H]1c1ncc(-c2cc(F)c3c(c2)OC(c2csc(C4CC4)n2)n2c-3cc3cc(-c4cnc([C@@H]5CCCN5C(=O)[C@@H](NC(=O)OC)C(C)C)[nH]4)ccc32)[nH]1)C(C)C. The smallest absolute Gasteiger partial charge is 0.407 e. The monoisotopic (exact) mass is 946 g/mol. The second-order valence-corrected chi connectivity index (χ2v) is 19.7. The van der Waals surface area contributed by atoms with E-state index in [1.54, 1.807) is 33.5 Å². The van der Waals surface area contributed by atoms with E-state index >= 15 is 4.39 Å². The molecule has 0 bridgehead atoms. The number of likely N-dealkylation sites (tertiary alicyclic amines) is 2. The first-order chi connectivity index (χ1) is 32.8. The molecule has 4 aliphatic rings. The van der Waals surface area contributed by atoms with Gasteiger partial charge in [-0.15, -0.1) is 11.3 Å². The van der Waals surface area contributed by atoms with Gasteiger partial charge in [-0.05, 0) is 80.7 Å². The predicted molar refractivity (Wildman–Crippen MR) is 251 cm³/mol. The molecule has 19 heteroatoms. The quantitative estimate of drug-likeness (QED) is 0.0921. The number of carbonyl (C=O) groups is 4. The number of H-pyrrole nitrogens is 2. The molecular formula is C49H55FN10O7S. The van der Waals surface area contributed by atoms with Crippen molar-refractivity contribution in [3.63, 3.8) is 0 Å². The fourth-order valence-corrected chi connectivity index (χ4v) is 10.9. The highest BCUT2D eigenvalue weighted by atomic mass is 32.1. The summed E-state index contributed by atoms with van der Waals surface area (Å²) in [7, 11) is 2.54. The van der Waals surface area contributed by atoms with Crippen LogP contribution in [0.5, 0.6) is 5.75 Å². The molecule has 4 amide bonds. The zero-order chi connectivity index (χ0) is 47.5. The van der Waals surface area contributed by atoms with Crippen LogP contribution in [0.25, 0.3) is 44.7 Å². The van der Waals surface area contributed by atoms with Gasteiger partial charge in [-0.3, -0.25) is 14.2 Å². The molecule has 7 heterocycles. The number of methoxy groups -OCH3 is 2. The molecule has 2 saturated heterocycles. The Hall–Kier alpha value is -6.76. The summed E-state index contributed by atoms with van der Waals surface area (Å²) in [6.07, 6.45) is 6.57. The van der Waals surface area contributed by atoms with Crippen molar-refractivity contribution in [1.82, 2.24) is 49.9 Å². The molecule has 1 aliphatic carbocycles. The fraction of sp³-hybridized carbons (Fsp3) is 0.449. The van der Waals surface area contributed by atoms with Crippen molar-refractivity contribution < 1.29 is 37.8 Å². The highest BCUT2D eigenvalue weighted by Crippen LogP contribution is 2.49. The first-order valence-corrected chi connectivity index (χ1v) is 24.2. The van der Waals surface area contributed by atoms with Crippen LogP contribution in [0.2, 0.25) is 0 Å². The van der Waals surface area contributed by atoms with E-state index in [1.807, 2.05) is 68.0 Å². The Morgan fingerprint density at radius 2 is 1.38 bits per heavy atom. The van der Waals surface area contributed by atoms with Crippen molar-refractivity contribution >= 4 is 46.2 Å². The van der Waals surface area contributed by atoms with Crippen LogP contribution in [0.15, 0.2) is 54.2 Å². The summed E-state index contributed by atoms with van der Waals surface area (Å²) in [5, 5.41) is 9.35. The normalized spacial score (nSPS) is 19.8. The maximum atomic E-state index is 16.9. The minimum absolute atomic E-state index is 0.153. The van der Waals surface area contributed by atoms with Gasteiger partial charge >= 0.3 is 12.2 Å².